The lowest BCUT2D eigenvalue weighted by Crippen LogP contribution is -2.35. The van der Waals surface area contributed by atoms with Gasteiger partial charge in [0.15, 0.2) is 0 Å². The van der Waals surface area contributed by atoms with E-state index >= 15 is 0 Å². The molecule has 0 aliphatic heterocycles. The summed E-state index contributed by atoms with van der Waals surface area (Å²) in [6.07, 6.45) is 16.3. The minimum absolute atomic E-state index is 0.104. The Kier molecular flexibility index (Phi) is 39.8. The minimum atomic E-state index is -4.10. The highest BCUT2D eigenvalue weighted by Gasteiger charge is 2.48. The van der Waals surface area contributed by atoms with Crippen molar-refractivity contribution in [2.45, 2.75) is 378 Å². The minimum Gasteiger partial charge on any atom is -0.171 e. The largest absolute Gasteiger partial charge is 0.393 e. The van der Waals surface area contributed by atoms with Gasteiger partial charge >= 0.3 is 6.18 Å². The molecule has 2 saturated carbocycles. The van der Waals surface area contributed by atoms with E-state index in [0.29, 0.717) is 32.5 Å². The van der Waals surface area contributed by atoms with E-state index in [1.807, 2.05) is 55.4 Å². The number of rotatable bonds is 8. The maximum absolute atomic E-state index is 12.4. The molecule has 0 N–H and O–H groups in total. The van der Waals surface area contributed by atoms with Gasteiger partial charge < -0.3 is 0 Å². The summed E-state index contributed by atoms with van der Waals surface area (Å²) in [7, 11) is 0. The van der Waals surface area contributed by atoms with Crippen LogP contribution < -0.4 is 0 Å². The molecule has 0 aromatic rings. The normalized spacial score (nSPS) is 16.8. The molecule has 0 aromatic heterocycles. The Balaban J connectivity index is -0.000000195. The molecular weight excluding hydrogens is 934 g/mol. The van der Waals surface area contributed by atoms with Crippen LogP contribution in [-0.4, -0.2) is 6.18 Å². The highest BCUT2D eigenvalue weighted by Crippen LogP contribution is 2.46. The smallest absolute Gasteiger partial charge is 0.171 e. The van der Waals surface area contributed by atoms with Gasteiger partial charge in [0, 0.05) is 4.11 Å². The molecule has 0 bridgehead atoms. The third-order valence-corrected chi connectivity index (χ3v) is 15.6. The summed E-state index contributed by atoms with van der Waals surface area (Å²) in [5.74, 6) is 5.26. The van der Waals surface area contributed by atoms with Gasteiger partial charge in [-0.2, -0.15) is 13.2 Å². The second-order valence-corrected chi connectivity index (χ2v) is 35.4. The van der Waals surface area contributed by atoms with E-state index in [1.165, 1.54) is 110 Å². The molecule has 2 rings (SSSR count). The van der Waals surface area contributed by atoms with Crippen molar-refractivity contribution < 1.29 is 17.3 Å². The second-order valence-electron chi connectivity index (χ2n) is 35.4. The van der Waals surface area contributed by atoms with Crippen LogP contribution in [0.4, 0.5) is 13.2 Å². The monoisotopic (exact) mass is 1090 g/mol. The lowest BCUT2D eigenvalue weighted by atomic mass is 9.64. The summed E-state index contributed by atoms with van der Waals surface area (Å²) in [5, 5.41) is 0. The molecule has 2 aliphatic carbocycles. The van der Waals surface area contributed by atoms with Crippen molar-refractivity contribution in [2.24, 2.45) is 95.6 Å². The van der Waals surface area contributed by atoms with Gasteiger partial charge in [0.25, 0.3) is 0 Å². The Bertz CT molecular complexity index is 1350. The Hall–Kier alpha value is -0.210. The van der Waals surface area contributed by atoms with Gasteiger partial charge in [-0.15, -0.1) is 0 Å². The van der Waals surface area contributed by atoms with Crippen LogP contribution in [0.5, 0.6) is 0 Å². The molecule has 76 heavy (non-hydrogen) atoms. The fourth-order valence-corrected chi connectivity index (χ4v) is 11.4. The van der Waals surface area contributed by atoms with Gasteiger partial charge in [-0.1, -0.05) is 327 Å². The summed E-state index contributed by atoms with van der Waals surface area (Å²) < 4.78 is 59.2. The van der Waals surface area contributed by atoms with Crippen LogP contribution in [0.3, 0.4) is 0 Å². The highest BCUT2D eigenvalue weighted by atomic mass is 19.4. The summed E-state index contributed by atoms with van der Waals surface area (Å²) in [4.78, 5) is 0. The molecule has 0 aromatic carbocycles. The molecule has 2 fully saturated rings. The molecule has 0 saturated heterocycles. The number of halogens is 3. The van der Waals surface area contributed by atoms with Crippen LogP contribution in [0.1, 0.15) is 376 Å². The second kappa shape index (κ2) is 37.8. The summed E-state index contributed by atoms with van der Waals surface area (Å²) in [5.41, 5.74) is 1.12. The molecule has 0 unspecified atom stereocenters. The Labute approximate surface area is 489 Å². The van der Waals surface area contributed by atoms with Crippen LogP contribution in [0.2, 0.25) is 0 Å². The van der Waals surface area contributed by atoms with Crippen LogP contribution in [0.25, 0.3) is 0 Å². The topological polar surface area (TPSA) is 0 Å². The molecule has 0 amide bonds. The molecule has 0 nitrogen and oxygen atoms in total. The van der Waals surface area contributed by atoms with Gasteiger partial charge in [0.05, 0.1) is 5.41 Å². The van der Waals surface area contributed by atoms with Crippen molar-refractivity contribution in [3.05, 3.63) is 0 Å². The summed E-state index contributed by atoms with van der Waals surface area (Å²) in [6.45, 7) is 81.4. The van der Waals surface area contributed by atoms with Crippen molar-refractivity contribution in [1.82, 2.24) is 0 Å². The third kappa shape index (κ3) is 55.7. The first-order valence-corrected chi connectivity index (χ1v) is 31.8. The summed E-state index contributed by atoms with van der Waals surface area (Å²) in [6, 6.07) is 0. The van der Waals surface area contributed by atoms with E-state index in [9.17, 15) is 13.2 Å². The highest BCUT2D eigenvalue weighted by molar-refractivity contribution is 4.85. The third-order valence-electron chi connectivity index (χ3n) is 15.6. The van der Waals surface area contributed by atoms with Crippen molar-refractivity contribution in [2.75, 3.05) is 0 Å². The predicted molar refractivity (Wildman–Crippen MR) is 349 cm³/mol. The average molecular weight is 1090 g/mol. The van der Waals surface area contributed by atoms with E-state index < -0.39 is 18.0 Å². The summed E-state index contributed by atoms with van der Waals surface area (Å²) >= 11 is 0. The Morgan fingerprint density at radius 2 is 0.645 bits per heavy atom. The number of alkyl halides is 3. The first kappa shape index (κ1) is 80.0. The van der Waals surface area contributed by atoms with Crippen LogP contribution in [0.15, 0.2) is 0 Å². The van der Waals surface area contributed by atoms with Gasteiger partial charge in [0.1, 0.15) is 0 Å². The molecule has 0 atom stereocenters. The van der Waals surface area contributed by atoms with Crippen LogP contribution in [-0.2, 0) is 0 Å². The molecule has 0 heterocycles. The lowest BCUT2D eigenvalue weighted by molar-refractivity contribution is -0.220. The van der Waals surface area contributed by atoms with Gasteiger partial charge in [-0.25, -0.2) is 0 Å². The molecular formula is C73H155F3. The SMILES string of the molecule is CC(C)(C)C1CCCC1.CC(C)(C)C1CCCCC1.CC(C)(C)CC(C)(C)C.CC(C)(C)CC(C)(C)C(F)(F)F.CC(C)CC(C)(C)C.CCC(CC)C(C(CC)CC)C(C)(C)C.[2H]C(C)(C)C(C)(C)C.[2H]C([2H])(C)C(C)(C)C. The number of hydrogen-bond acceptors (Lipinski definition) is 0. The fourth-order valence-electron chi connectivity index (χ4n) is 11.4. The maximum atomic E-state index is 12.4. The van der Waals surface area contributed by atoms with Crippen molar-refractivity contribution in [3.8, 4) is 0 Å². The fraction of sp³-hybridized carbons (Fsp3) is 1.00. The predicted octanol–water partition coefficient (Wildman–Crippen LogP) is 28.0. The zero-order chi connectivity index (χ0) is 65.3. The average Bonchev–Trinajstić information content (AvgIpc) is 3.71. The van der Waals surface area contributed by atoms with E-state index in [2.05, 4.69) is 187 Å². The van der Waals surface area contributed by atoms with E-state index in [0.717, 1.165) is 35.5 Å². The van der Waals surface area contributed by atoms with Crippen molar-refractivity contribution >= 4 is 0 Å². The van der Waals surface area contributed by atoms with Crippen molar-refractivity contribution in [1.29, 1.82) is 0 Å². The van der Waals surface area contributed by atoms with Gasteiger partial charge in [-0.05, 0) is 135 Å². The quantitative estimate of drug-likeness (QED) is 0.227. The maximum Gasteiger partial charge on any atom is 0.393 e. The molecule has 2 aliphatic rings. The number of hydrogen-bond donors (Lipinski definition) is 0. The zero-order valence-electron chi connectivity index (χ0n) is 63.4. The Morgan fingerprint density at radius 3 is 0.737 bits per heavy atom. The van der Waals surface area contributed by atoms with E-state index in [-0.39, 0.29) is 28.6 Å². The standard InChI is InChI=1S/C15H32.C10H20.C9H17F3.C9H18.C9H20.C8H18.C7H16.C6H14/c1-8-12(9-2)14(15(5,6)7)13(10-3)11-4;1-10(2,3)9-7-5-4-6-8-9;1-7(2,3)6-8(4,5)9(10,11)12;1-9(2,3)8-6-4-5-7-8;1-8(2,3)7-9(4,5)6;1-7(2)6-8(3,4)5;1-6(2)7(3,4)5;1-5-6(2,3)4/h12-14H,8-11H2,1-7H3;9H,4-8H2,1-3H3;6H2,1-5H3;8H,4-7H2,1-3H3;7H2,1-6H3;7H,6H2,1-5H3;6H,1-5H3;5H2,1-4H3/i;;;;;;6D;5D2. The first-order valence-electron chi connectivity index (χ1n) is 33.3. The van der Waals surface area contributed by atoms with Crippen LogP contribution in [0, 0.1) is 95.6 Å². The molecule has 468 valence electrons. The zero-order valence-corrected chi connectivity index (χ0v) is 60.4. The van der Waals surface area contributed by atoms with E-state index in [1.54, 1.807) is 6.92 Å². The lowest BCUT2D eigenvalue weighted by Gasteiger charge is -2.42. The Morgan fingerprint density at radius 1 is 0.395 bits per heavy atom. The molecule has 3 heteroatoms. The van der Waals surface area contributed by atoms with E-state index in [4.69, 9.17) is 4.11 Å². The van der Waals surface area contributed by atoms with Crippen LogP contribution >= 0.6 is 0 Å². The van der Waals surface area contributed by atoms with Gasteiger partial charge in [0.2, 0.25) is 0 Å². The van der Waals surface area contributed by atoms with Gasteiger partial charge in [-0.3, -0.25) is 0 Å². The first-order chi connectivity index (χ1) is 34.2. The van der Waals surface area contributed by atoms with Crippen molar-refractivity contribution in [3.63, 3.8) is 0 Å². The molecule has 0 spiro atoms. The molecule has 0 radical (unpaired) electrons.